The van der Waals surface area contributed by atoms with Crippen LogP contribution in [-0.4, -0.2) is 9.55 Å². The zero-order chi connectivity index (χ0) is 38.5. The van der Waals surface area contributed by atoms with Crippen LogP contribution in [0.3, 0.4) is 0 Å². The summed E-state index contributed by atoms with van der Waals surface area (Å²) in [7, 11) is 0. The molecule has 2 aromatic heterocycles. The van der Waals surface area contributed by atoms with E-state index in [9.17, 15) is 0 Å². The van der Waals surface area contributed by atoms with Gasteiger partial charge in [0.2, 0.25) is 0 Å². The summed E-state index contributed by atoms with van der Waals surface area (Å²) in [6.45, 7) is 4.70. The van der Waals surface area contributed by atoms with Gasteiger partial charge in [-0.3, -0.25) is 4.98 Å². The third-order valence-corrected chi connectivity index (χ3v) is 12.9. The third-order valence-electron chi connectivity index (χ3n) is 12.9. The average Bonchev–Trinajstić information content (AvgIpc) is 3.73. The molecule has 0 spiro atoms. The Kier molecular flexibility index (Phi) is 7.01. The molecule has 58 heavy (non-hydrogen) atoms. The molecule has 11 aromatic rings. The van der Waals surface area contributed by atoms with Crippen LogP contribution in [0.5, 0.6) is 0 Å². The van der Waals surface area contributed by atoms with Crippen molar-refractivity contribution in [2.45, 2.75) is 19.3 Å². The summed E-state index contributed by atoms with van der Waals surface area (Å²) < 4.78 is 2.39. The number of pyridine rings is 1. The molecule has 1 aliphatic rings. The van der Waals surface area contributed by atoms with Crippen molar-refractivity contribution in [3.63, 3.8) is 0 Å². The third kappa shape index (κ3) is 4.69. The van der Waals surface area contributed by atoms with Crippen molar-refractivity contribution in [3.8, 4) is 50.2 Å². The fourth-order valence-corrected chi connectivity index (χ4v) is 10.2. The van der Waals surface area contributed by atoms with E-state index < -0.39 is 0 Å². The molecule has 1 aliphatic carbocycles. The maximum Gasteiger partial charge on any atom is 0.0724 e. The van der Waals surface area contributed by atoms with Gasteiger partial charge >= 0.3 is 0 Å². The highest BCUT2D eigenvalue weighted by Crippen LogP contribution is 2.50. The molecule has 0 unspecified atom stereocenters. The second kappa shape index (κ2) is 12.4. The van der Waals surface area contributed by atoms with Gasteiger partial charge in [0, 0.05) is 28.1 Å². The Bertz CT molecular complexity index is 3410. The van der Waals surface area contributed by atoms with Crippen molar-refractivity contribution < 1.29 is 0 Å². The number of benzene rings is 9. The minimum atomic E-state index is -0.0543. The monoisotopic (exact) mass is 738 g/mol. The second-order valence-corrected chi connectivity index (χ2v) is 16.3. The van der Waals surface area contributed by atoms with Crippen LogP contribution in [0, 0.1) is 0 Å². The predicted molar refractivity (Wildman–Crippen MR) is 245 cm³/mol. The molecular weight excluding hydrogens is 701 g/mol. The van der Waals surface area contributed by atoms with E-state index in [-0.39, 0.29) is 5.41 Å². The maximum absolute atomic E-state index is 4.61. The molecular formula is C56H38N2. The predicted octanol–water partition coefficient (Wildman–Crippen LogP) is 14.9. The Morgan fingerprint density at radius 2 is 0.966 bits per heavy atom. The van der Waals surface area contributed by atoms with E-state index in [2.05, 4.69) is 205 Å². The number of hydrogen-bond donors (Lipinski definition) is 0. The van der Waals surface area contributed by atoms with Gasteiger partial charge in [-0.05, 0) is 118 Å². The maximum atomic E-state index is 4.61. The molecule has 9 aromatic carbocycles. The highest BCUT2D eigenvalue weighted by molar-refractivity contribution is 6.23. The van der Waals surface area contributed by atoms with Crippen LogP contribution in [-0.2, 0) is 5.41 Å². The van der Waals surface area contributed by atoms with Gasteiger partial charge in [-0.2, -0.15) is 0 Å². The quantitative estimate of drug-likeness (QED) is 0.164. The first-order valence-electron chi connectivity index (χ1n) is 20.2. The van der Waals surface area contributed by atoms with Crippen molar-refractivity contribution in [1.82, 2.24) is 9.55 Å². The van der Waals surface area contributed by atoms with Crippen molar-refractivity contribution >= 4 is 54.1 Å². The number of rotatable bonds is 4. The molecule has 0 fully saturated rings. The lowest BCUT2D eigenvalue weighted by Crippen LogP contribution is -2.14. The molecule has 0 radical (unpaired) electrons. The van der Waals surface area contributed by atoms with Crippen LogP contribution in [0.15, 0.2) is 194 Å². The normalized spacial score (nSPS) is 13.1. The number of nitrogens with zero attached hydrogens (tertiary/aromatic N) is 2. The van der Waals surface area contributed by atoms with Crippen molar-refractivity contribution in [2.75, 3.05) is 0 Å². The second-order valence-electron chi connectivity index (χ2n) is 16.3. The fourth-order valence-electron chi connectivity index (χ4n) is 10.2. The van der Waals surface area contributed by atoms with Gasteiger partial charge in [-0.1, -0.05) is 166 Å². The summed E-state index contributed by atoms with van der Waals surface area (Å²) in [4.78, 5) is 4.61. The summed E-state index contributed by atoms with van der Waals surface area (Å²) in [6, 6.07) is 67.4. The number of fused-ring (bicyclic) bond motifs is 9. The summed E-state index contributed by atoms with van der Waals surface area (Å²) in [5, 5.41) is 9.97. The highest BCUT2D eigenvalue weighted by Gasteiger charge is 2.35. The molecule has 2 nitrogen and oxygen atoms in total. The summed E-state index contributed by atoms with van der Waals surface area (Å²) in [5.41, 5.74) is 16.3. The van der Waals surface area contributed by atoms with Crippen LogP contribution in [0.1, 0.15) is 25.0 Å². The van der Waals surface area contributed by atoms with E-state index in [0.717, 1.165) is 11.2 Å². The van der Waals surface area contributed by atoms with E-state index in [1.54, 1.807) is 0 Å². The average molecular weight is 739 g/mol. The van der Waals surface area contributed by atoms with E-state index in [1.165, 1.54) is 104 Å². The molecule has 12 rings (SSSR count). The van der Waals surface area contributed by atoms with E-state index in [0.29, 0.717) is 0 Å². The van der Waals surface area contributed by atoms with Gasteiger partial charge < -0.3 is 4.57 Å². The van der Waals surface area contributed by atoms with Crippen LogP contribution < -0.4 is 0 Å². The Hall–Kier alpha value is -7.29. The van der Waals surface area contributed by atoms with Gasteiger partial charge in [-0.25, -0.2) is 0 Å². The highest BCUT2D eigenvalue weighted by atomic mass is 15.0. The molecule has 0 saturated heterocycles. The smallest absolute Gasteiger partial charge is 0.0724 e. The lowest BCUT2D eigenvalue weighted by Gasteiger charge is -2.22. The Morgan fingerprint density at radius 1 is 0.397 bits per heavy atom. The number of aromatic nitrogens is 2. The van der Waals surface area contributed by atoms with Crippen molar-refractivity contribution in [1.29, 1.82) is 0 Å². The molecule has 0 N–H and O–H groups in total. The lowest BCUT2D eigenvalue weighted by atomic mass is 9.81. The minimum absolute atomic E-state index is 0.0543. The molecule has 0 aliphatic heterocycles. The van der Waals surface area contributed by atoms with Crippen LogP contribution >= 0.6 is 0 Å². The van der Waals surface area contributed by atoms with Crippen LogP contribution in [0.2, 0.25) is 0 Å². The Morgan fingerprint density at radius 3 is 1.74 bits per heavy atom. The van der Waals surface area contributed by atoms with Crippen LogP contribution in [0.25, 0.3) is 104 Å². The Labute approximate surface area is 337 Å². The van der Waals surface area contributed by atoms with Crippen LogP contribution in [0.4, 0.5) is 0 Å². The van der Waals surface area contributed by atoms with Gasteiger partial charge in [0.25, 0.3) is 0 Å². The minimum Gasteiger partial charge on any atom is -0.308 e. The summed E-state index contributed by atoms with van der Waals surface area (Å²) >= 11 is 0. The number of hydrogen-bond acceptors (Lipinski definition) is 1. The molecule has 0 saturated carbocycles. The topological polar surface area (TPSA) is 17.8 Å². The lowest BCUT2D eigenvalue weighted by molar-refractivity contribution is 0.660. The first-order chi connectivity index (χ1) is 28.5. The molecule has 272 valence electrons. The van der Waals surface area contributed by atoms with Crippen molar-refractivity contribution in [3.05, 3.63) is 206 Å². The molecule has 0 bridgehead atoms. The van der Waals surface area contributed by atoms with E-state index >= 15 is 0 Å². The van der Waals surface area contributed by atoms with Gasteiger partial charge in [0.15, 0.2) is 0 Å². The molecule has 2 heteroatoms. The van der Waals surface area contributed by atoms with Gasteiger partial charge in [0.1, 0.15) is 0 Å². The first-order valence-corrected chi connectivity index (χ1v) is 20.2. The summed E-state index contributed by atoms with van der Waals surface area (Å²) in [6.07, 6.45) is 3.91. The zero-order valence-electron chi connectivity index (χ0n) is 32.4. The van der Waals surface area contributed by atoms with Gasteiger partial charge in [0.05, 0.1) is 17.2 Å². The van der Waals surface area contributed by atoms with Gasteiger partial charge in [-0.15, -0.1) is 0 Å². The Balaban J connectivity index is 1.02. The standard InChI is InChI=1S/C56H38N2/c1-56(2)50-21-10-9-15-41(50)42-28-24-37(32-51(42)56)38-25-29-43-44-30-31-57-34-53(44)58(52(43)33-38)39-26-22-36(23-27-39)54-46-16-5-7-18-48(46)55(49-19-8-6-17-47(49)54)45-20-11-13-35-12-3-4-14-40(35)45/h3-34H,1-2H3. The van der Waals surface area contributed by atoms with E-state index in [4.69, 9.17) is 0 Å². The first kappa shape index (κ1) is 32.9. The molecule has 0 amide bonds. The fraction of sp³-hybridized carbons (Fsp3) is 0.0536. The van der Waals surface area contributed by atoms with E-state index in [1.807, 2.05) is 12.4 Å². The van der Waals surface area contributed by atoms with Crippen molar-refractivity contribution in [2.24, 2.45) is 0 Å². The summed E-state index contributed by atoms with van der Waals surface area (Å²) in [5.74, 6) is 0. The largest absolute Gasteiger partial charge is 0.308 e. The zero-order valence-corrected chi connectivity index (χ0v) is 32.4. The SMILES string of the molecule is CC1(C)c2ccccc2-c2ccc(-c3ccc4c5ccncc5n(-c5ccc(-c6c7ccccc7c(-c7cccc8ccccc78)c7ccccc67)cc5)c4c3)cc21. The molecule has 0 atom stereocenters. The molecule has 2 heterocycles.